The lowest BCUT2D eigenvalue weighted by Gasteiger charge is -2.48. The molecule has 0 bridgehead atoms. The van der Waals surface area contributed by atoms with Crippen LogP contribution in [0.4, 0.5) is 0 Å². The number of carbonyl (C=O) groups excluding carboxylic acids is 1. The van der Waals surface area contributed by atoms with Crippen molar-refractivity contribution >= 4 is 44.9 Å². The summed E-state index contributed by atoms with van der Waals surface area (Å²) in [4.78, 5) is 26.9. The number of benzene rings is 2. The van der Waals surface area contributed by atoms with Crippen molar-refractivity contribution in [3.63, 3.8) is 0 Å². The molecule has 0 radical (unpaired) electrons. The summed E-state index contributed by atoms with van der Waals surface area (Å²) >= 11 is 12.4. The lowest BCUT2D eigenvalue weighted by molar-refractivity contribution is -0.182. The number of hydrogen-bond donors (Lipinski definition) is 1. The maximum atomic E-state index is 13.8. The molecular weight excluding hydrogens is 525 g/mol. The molecule has 2 aromatic carbocycles. The van der Waals surface area contributed by atoms with E-state index in [0.717, 1.165) is 12.8 Å². The Morgan fingerprint density at radius 1 is 1.11 bits per heavy atom. The molecule has 2 fully saturated rings. The molecule has 1 N–H and O–H groups in total. The summed E-state index contributed by atoms with van der Waals surface area (Å²) in [6, 6.07) is 12.6. The summed E-state index contributed by atoms with van der Waals surface area (Å²) in [7, 11) is -3.44. The Bertz CT molecular complexity index is 1220. The van der Waals surface area contributed by atoms with E-state index in [-0.39, 0.29) is 17.4 Å². The van der Waals surface area contributed by atoms with Gasteiger partial charge in [0.1, 0.15) is 12.2 Å². The first-order valence-corrected chi connectivity index (χ1v) is 14.6. The summed E-state index contributed by atoms with van der Waals surface area (Å²) in [5.74, 6) is -1.64. The molecule has 194 valence electrons. The quantitative estimate of drug-likeness (QED) is 0.440. The summed E-state index contributed by atoms with van der Waals surface area (Å²) in [5.41, 5.74) is 1.36. The number of carbonyl (C=O) groups is 2. The third-order valence-electron chi connectivity index (χ3n) is 6.67. The fourth-order valence-corrected chi connectivity index (χ4v) is 7.29. The second kappa shape index (κ2) is 11.1. The molecule has 2 aliphatic rings. The average molecular weight is 554 g/mol. The van der Waals surface area contributed by atoms with E-state index >= 15 is 0 Å². The summed E-state index contributed by atoms with van der Waals surface area (Å²) in [6.45, 7) is 1.83. The van der Waals surface area contributed by atoms with Crippen molar-refractivity contribution < 1.29 is 27.9 Å². The maximum Gasteiger partial charge on any atom is 0.306 e. The van der Waals surface area contributed by atoms with Crippen molar-refractivity contribution in [3.8, 4) is 0 Å². The van der Waals surface area contributed by atoms with Crippen LogP contribution in [0.2, 0.25) is 10.0 Å². The lowest BCUT2D eigenvalue weighted by Crippen LogP contribution is -2.56. The van der Waals surface area contributed by atoms with Gasteiger partial charge in [0.2, 0.25) is 0 Å². The van der Waals surface area contributed by atoms with Crippen LogP contribution in [-0.2, 0) is 24.2 Å². The molecule has 7 nitrogen and oxygen atoms in total. The monoisotopic (exact) mass is 553 g/mol. The number of hydrogen-bond acceptors (Lipinski definition) is 5. The van der Waals surface area contributed by atoms with Gasteiger partial charge in [0, 0.05) is 16.1 Å². The van der Waals surface area contributed by atoms with Gasteiger partial charge in [0.05, 0.1) is 24.0 Å². The minimum absolute atomic E-state index is 0.101. The van der Waals surface area contributed by atoms with Gasteiger partial charge in [-0.2, -0.15) is 0 Å². The van der Waals surface area contributed by atoms with Gasteiger partial charge < -0.3 is 14.7 Å². The highest BCUT2D eigenvalue weighted by molar-refractivity contribution is 7.91. The standard InChI is InChI=1S/C26H29Cl2NO6S/c1-2-21(15-36(33,34)14-16-6-7-16)29-24(17-8-10-19(27)11-9-17)25(18-4-3-5-20(28)12-18)35-22(26(29)32)13-23(30)31/h3-5,8-12,16,21-22,24-25H,2,6-7,13-15H2,1H3,(H,30,31)/t21?,22-,24-,25-/m1/s1. The van der Waals surface area contributed by atoms with E-state index in [1.807, 2.05) is 6.92 Å². The van der Waals surface area contributed by atoms with Crippen molar-refractivity contribution in [2.24, 2.45) is 5.92 Å². The number of amides is 1. The lowest BCUT2D eigenvalue weighted by atomic mass is 9.89. The van der Waals surface area contributed by atoms with Crippen LogP contribution < -0.4 is 0 Å². The Kier molecular flexibility index (Phi) is 8.29. The van der Waals surface area contributed by atoms with Crippen LogP contribution in [0.5, 0.6) is 0 Å². The van der Waals surface area contributed by atoms with E-state index in [0.29, 0.717) is 27.6 Å². The van der Waals surface area contributed by atoms with Crippen LogP contribution in [-0.4, -0.2) is 54.0 Å². The molecule has 4 atom stereocenters. The van der Waals surface area contributed by atoms with Crippen molar-refractivity contribution in [2.75, 3.05) is 11.5 Å². The second-order valence-corrected chi connectivity index (χ2v) is 12.5. The van der Waals surface area contributed by atoms with Gasteiger partial charge in [-0.05, 0) is 60.6 Å². The number of halogens is 2. The summed E-state index contributed by atoms with van der Waals surface area (Å²) in [6.07, 6.45) is -0.399. The predicted octanol–water partition coefficient (Wildman–Crippen LogP) is 5.08. The molecule has 2 aromatic rings. The number of ether oxygens (including phenoxy) is 1. The van der Waals surface area contributed by atoms with E-state index < -0.39 is 52.4 Å². The van der Waals surface area contributed by atoms with Crippen LogP contribution in [0.15, 0.2) is 48.5 Å². The van der Waals surface area contributed by atoms with Crippen LogP contribution >= 0.6 is 23.2 Å². The highest BCUT2D eigenvalue weighted by atomic mass is 35.5. The maximum absolute atomic E-state index is 13.8. The van der Waals surface area contributed by atoms with Gasteiger partial charge in [-0.3, -0.25) is 9.59 Å². The Morgan fingerprint density at radius 3 is 2.39 bits per heavy atom. The van der Waals surface area contributed by atoms with Gasteiger partial charge in [-0.1, -0.05) is 54.4 Å². The first kappa shape index (κ1) is 26.9. The molecule has 36 heavy (non-hydrogen) atoms. The zero-order valence-corrected chi connectivity index (χ0v) is 22.2. The predicted molar refractivity (Wildman–Crippen MR) is 138 cm³/mol. The molecule has 1 amide bonds. The molecule has 0 aromatic heterocycles. The van der Waals surface area contributed by atoms with Crippen molar-refractivity contribution in [2.45, 2.75) is 56.9 Å². The van der Waals surface area contributed by atoms with E-state index in [4.69, 9.17) is 27.9 Å². The summed E-state index contributed by atoms with van der Waals surface area (Å²) < 4.78 is 32.3. The number of carboxylic acids is 1. The van der Waals surface area contributed by atoms with Gasteiger partial charge in [-0.15, -0.1) is 0 Å². The van der Waals surface area contributed by atoms with E-state index in [9.17, 15) is 23.1 Å². The number of nitrogens with zero attached hydrogens (tertiary/aromatic N) is 1. The molecule has 1 saturated heterocycles. The topological polar surface area (TPSA) is 101 Å². The number of rotatable bonds is 10. The molecule has 4 rings (SSSR count). The van der Waals surface area contributed by atoms with Crippen LogP contribution in [0.25, 0.3) is 0 Å². The number of morpholine rings is 1. The first-order valence-electron chi connectivity index (χ1n) is 12.0. The first-order chi connectivity index (χ1) is 17.1. The summed E-state index contributed by atoms with van der Waals surface area (Å²) in [5, 5.41) is 10.5. The molecular formula is C26H29Cl2NO6S. The Hall–Kier alpha value is -2.13. The molecule has 1 aliphatic carbocycles. The average Bonchev–Trinajstić information content (AvgIpc) is 3.62. The molecule has 10 heteroatoms. The Labute approximate surface area is 221 Å². The molecule has 1 unspecified atom stereocenters. The molecule has 1 heterocycles. The largest absolute Gasteiger partial charge is 0.481 e. The van der Waals surface area contributed by atoms with Gasteiger partial charge in [-0.25, -0.2) is 8.42 Å². The second-order valence-electron chi connectivity index (χ2n) is 9.52. The Morgan fingerprint density at radius 2 is 1.81 bits per heavy atom. The van der Waals surface area contributed by atoms with Crippen LogP contribution in [0.3, 0.4) is 0 Å². The molecule has 0 spiro atoms. The zero-order chi connectivity index (χ0) is 26.0. The SMILES string of the molecule is CCC(CS(=O)(=O)CC1CC1)N1C(=O)[C@@H](CC(=O)O)O[C@H](c2cccc(Cl)c2)[C@H]1c1ccc(Cl)cc1. The van der Waals surface area contributed by atoms with Crippen molar-refractivity contribution in [1.82, 2.24) is 4.90 Å². The fourth-order valence-electron chi connectivity index (χ4n) is 4.80. The number of aliphatic carboxylic acids is 1. The molecule has 1 aliphatic heterocycles. The Balaban J connectivity index is 1.82. The minimum Gasteiger partial charge on any atom is -0.481 e. The minimum atomic E-state index is -3.44. The van der Waals surface area contributed by atoms with Crippen molar-refractivity contribution in [1.29, 1.82) is 0 Å². The number of sulfone groups is 1. The van der Waals surface area contributed by atoms with Crippen molar-refractivity contribution in [3.05, 3.63) is 69.7 Å². The zero-order valence-electron chi connectivity index (χ0n) is 19.8. The van der Waals surface area contributed by atoms with E-state index in [1.54, 1.807) is 48.5 Å². The fraction of sp³-hybridized carbons (Fsp3) is 0.462. The highest BCUT2D eigenvalue weighted by Gasteiger charge is 2.48. The third kappa shape index (κ3) is 6.40. The van der Waals surface area contributed by atoms with Gasteiger partial charge in [0.25, 0.3) is 5.91 Å². The van der Waals surface area contributed by atoms with Crippen LogP contribution in [0, 0.1) is 5.92 Å². The van der Waals surface area contributed by atoms with E-state index in [1.165, 1.54) is 4.90 Å². The van der Waals surface area contributed by atoms with Gasteiger partial charge >= 0.3 is 5.97 Å². The highest BCUT2D eigenvalue weighted by Crippen LogP contribution is 2.45. The van der Waals surface area contributed by atoms with Crippen LogP contribution in [0.1, 0.15) is 55.9 Å². The smallest absolute Gasteiger partial charge is 0.306 e. The normalized spacial score (nSPS) is 23.5. The molecule has 1 saturated carbocycles. The van der Waals surface area contributed by atoms with E-state index in [2.05, 4.69) is 0 Å². The van der Waals surface area contributed by atoms with Gasteiger partial charge in [0.15, 0.2) is 9.84 Å². The number of carboxylic acid groups (broad SMARTS) is 1. The third-order valence-corrected chi connectivity index (χ3v) is 9.03.